The van der Waals surface area contributed by atoms with Crippen LogP contribution in [0.4, 0.5) is 0 Å². The van der Waals surface area contributed by atoms with Gasteiger partial charge in [-0.05, 0) is 30.7 Å². The Kier molecular flexibility index (Phi) is 3.54. The molecule has 0 fully saturated rings. The summed E-state index contributed by atoms with van der Waals surface area (Å²) in [6.07, 6.45) is 5.45. The first kappa shape index (κ1) is 11.8. The molecule has 0 spiro atoms. The molecule has 4 nitrogen and oxygen atoms in total. The lowest BCUT2D eigenvalue weighted by Crippen LogP contribution is -2.08. The molecule has 2 rings (SSSR count). The highest BCUT2D eigenvalue weighted by atomic mass is 15.1. The first-order valence-corrected chi connectivity index (χ1v) is 5.84. The van der Waals surface area contributed by atoms with Crippen LogP contribution in [0.5, 0.6) is 0 Å². The Bertz CT molecular complexity index is 474. The van der Waals surface area contributed by atoms with Crippen molar-refractivity contribution in [3.8, 4) is 5.82 Å². The number of nitrogens with zero attached hydrogens (tertiary/aromatic N) is 3. The van der Waals surface area contributed by atoms with E-state index in [1.807, 2.05) is 17.8 Å². The van der Waals surface area contributed by atoms with Crippen molar-refractivity contribution in [1.82, 2.24) is 19.9 Å². The maximum Gasteiger partial charge on any atom is 0.138 e. The average Bonchev–Trinajstić information content (AvgIpc) is 2.82. The minimum absolute atomic E-state index is 0.425. The zero-order valence-electron chi connectivity index (χ0n) is 10.5. The third-order valence-electron chi connectivity index (χ3n) is 2.63. The van der Waals surface area contributed by atoms with Gasteiger partial charge in [0.1, 0.15) is 12.1 Å². The molecule has 17 heavy (non-hydrogen) atoms. The number of hydrogen-bond donors (Lipinski definition) is 1. The second kappa shape index (κ2) is 5.10. The standard InChI is InChI=1S/C13H18N4/c1-10(2)12-6-11(8-14-3)7-13(16-12)17-5-4-15-9-17/h4-7,9-10,14H,8H2,1-3H3. The molecule has 2 aromatic rings. The molecule has 0 radical (unpaired) electrons. The third-order valence-corrected chi connectivity index (χ3v) is 2.63. The summed E-state index contributed by atoms with van der Waals surface area (Å²) >= 11 is 0. The Morgan fingerprint density at radius 3 is 2.76 bits per heavy atom. The number of hydrogen-bond acceptors (Lipinski definition) is 3. The monoisotopic (exact) mass is 230 g/mol. The number of imidazole rings is 1. The zero-order chi connectivity index (χ0) is 12.3. The molecule has 0 aliphatic heterocycles. The second-order valence-electron chi connectivity index (χ2n) is 4.41. The van der Waals surface area contributed by atoms with E-state index in [1.165, 1.54) is 5.56 Å². The van der Waals surface area contributed by atoms with E-state index in [9.17, 15) is 0 Å². The predicted molar refractivity (Wildman–Crippen MR) is 68.2 cm³/mol. The van der Waals surface area contributed by atoms with Gasteiger partial charge in [-0.25, -0.2) is 9.97 Å². The zero-order valence-corrected chi connectivity index (χ0v) is 10.5. The SMILES string of the molecule is CNCc1cc(C(C)C)nc(-n2ccnc2)c1. The minimum atomic E-state index is 0.425. The molecule has 0 amide bonds. The Balaban J connectivity index is 2.44. The van der Waals surface area contributed by atoms with Crippen molar-refractivity contribution in [2.24, 2.45) is 0 Å². The summed E-state index contributed by atoms with van der Waals surface area (Å²) in [6, 6.07) is 4.24. The molecule has 4 heteroatoms. The van der Waals surface area contributed by atoms with Crippen molar-refractivity contribution >= 4 is 0 Å². The molecule has 0 aliphatic carbocycles. The first-order chi connectivity index (χ1) is 8.20. The maximum atomic E-state index is 4.65. The summed E-state index contributed by atoms with van der Waals surface area (Å²) in [5.74, 6) is 1.35. The minimum Gasteiger partial charge on any atom is -0.316 e. The van der Waals surface area contributed by atoms with Gasteiger partial charge in [0.15, 0.2) is 0 Å². The molecule has 0 bridgehead atoms. The fourth-order valence-corrected chi connectivity index (χ4v) is 1.72. The van der Waals surface area contributed by atoms with E-state index >= 15 is 0 Å². The Labute approximate surface area is 102 Å². The second-order valence-corrected chi connectivity index (χ2v) is 4.41. The van der Waals surface area contributed by atoms with Crippen LogP contribution in [0.2, 0.25) is 0 Å². The molecule has 0 unspecified atom stereocenters. The summed E-state index contributed by atoms with van der Waals surface area (Å²) in [4.78, 5) is 8.71. The number of aromatic nitrogens is 3. The lowest BCUT2D eigenvalue weighted by atomic mass is 10.1. The Morgan fingerprint density at radius 1 is 1.35 bits per heavy atom. The van der Waals surface area contributed by atoms with Gasteiger partial charge in [0, 0.05) is 24.6 Å². The predicted octanol–water partition coefficient (Wildman–Crippen LogP) is 2.11. The van der Waals surface area contributed by atoms with Crippen LogP contribution in [0.1, 0.15) is 31.0 Å². The molecular formula is C13H18N4. The van der Waals surface area contributed by atoms with E-state index in [-0.39, 0.29) is 0 Å². The van der Waals surface area contributed by atoms with Crippen LogP contribution in [0.3, 0.4) is 0 Å². The van der Waals surface area contributed by atoms with Gasteiger partial charge in [-0.15, -0.1) is 0 Å². The van der Waals surface area contributed by atoms with Crippen molar-refractivity contribution < 1.29 is 0 Å². The largest absolute Gasteiger partial charge is 0.316 e. The molecule has 2 heterocycles. The van der Waals surface area contributed by atoms with E-state index in [2.05, 4.69) is 41.3 Å². The van der Waals surface area contributed by atoms with Crippen LogP contribution >= 0.6 is 0 Å². The van der Waals surface area contributed by atoms with Gasteiger partial charge in [0.25, 0.3) is 0 Å². The summed E-state index contributed by atoms with van der Waals surface area (Å²) < 4.78 is 1.94. The molecule has 0 aromatic carbocycles. The van der Waals surface area contributed by atoms with Crippen molar-refractivity contribution in [2.45, 2.75) is 26.3 Å². The van der Waals surface area contributed by atoms with Crippen LogP contribution in [0, 0.1) is 0 Å². The van der Waals surface area contributed by atoms with E-state index in [4.69, 9.17) is 0 Å². The fourth-order valence-electron chi connectivity index (χ4n) is 1.72. The molecule has 2 aromatic heterocycles. The van der Waals surface area contributed by atoms with Gasteiger partial charge in [-0.2, -0.15) is 0 Å². The first-order valence-electron chi connectivity index (χ1n) is 5.84. The van der Waals surface area contributed by atoms with Gasteiger partial charge in [0.2, 0.25) is 0 Å². The lowest BCUT2D eigenvalue weighted by molar-refractivity contribution is 0.778. The fraction of sp³-hybridized carbons (Fsp3) is 0.385. The number of pyridine rings is 1. The Morgan fingerprint density at radius 2 is 2.18 bits per heavy atom. The molecule has 1 N–H and O–H groups in total. The quantitative estimate of drug-likeness (QED) is 0.874. The van der Waals surface area contributed by atoms with Crippen LogP contribution in [-0.2, 0) is 6.54 Å². The van der Waals surface area contributed by atoms with E-state index in [1.54, 1.807) is 12.5 Å². The highest BCUT2D eigenvalue weighted by Crippen LogP contribution is 2.17. The number of rotatable bonds is 4. The molecule has 0 aliphatic rings. The normalized spacial score (nSPS) is 11.1. The van der Waals surface area contributed by atoms with E-state index < -0.39 is 0 Å². The smallest absolute Gasteiger partial charge is 0.138 e. The Hall–Kier alpha value is -1.68. The van der Waals surface area contributed by atoms with Gasteiger partial charge >= 0.3 is 0 Å². The highest BCUT2D eigenvalue weighted by Gasteiger charge is 2.07. The van der Waals surface area contributed by atoms with Gasteiger partial charge < -0.3 is 5.32 Å². The van der Waals surface area contributed by atoms with Crippen molar-refractivity contribution in [3.05, 3.63) is 42.1 Å². The molecule has 0 saturated heterocycles. The summed E-state index contributed by atoms with van der Waals surface area (Å²) in [5.41, 5.74) is 2.36. The summed E-state index contributed by atoms with van der Waals surface area (Å²) in [7, 11) is 1.95. The van der Waals surface area contributed by atoms with Gasteiger partial charge in [-0.1, -0.05) is 13.8 Å². The van der Waals surface area contributed by atoms with Crippen molar-refractivity contribution in [3.63, 3.8) is 0 Å². The van der Waals surface area contributed by atoms with Crippen molar-refractivity contribution in [2.75, 3.05) is 7.05 Å². The third kappa shape index (κ3) is 2.71. The summed E-state index contributed by atoms with van der Waals surface area (Å²) in [6.45, 7) is 5.16. The molecule has 90 valence electrons. The number of nitrogens with one attached hydrogen (secondary N) is 1. The van der Waals surface area contributed by atoms with Crippen LogP contribution < -0.4 is 5.32 Å². The lowest BCUT2D eigenvalue weighted by Gasteiger charge is -2.11. The topological polar surface area (TPSA) is 42.7 Å². The summed E-state index contributed by atoms with van der Waals surface area (Å²) in [5, 5.41) is 3.17. The van der Waals surface area contributed by atoms with Gasteiger partial charge in [-0.3, -0.25) is 4.57 Å². The maximum absolute atomic E-state index is 4.65. The van der Waals surface area contributed by atoms with Crippen LogP contribution in [0.15, 0.2) is 30.9 Å². The van der Waals surface area contributed by atoms with Crippen molar-refractivity contribution in [1.29, 1.82) is 0 Å². The average molecular weight is 230 g/mol. The van der Waals surface area contributed by atoms with Crippen LogP contribution in [0.25, 0.3) is 5.82 Å². The van der Waals surface area contributed by atoms with Gasteiger partial charge in [0.05, 0.1) is 0 Å². The molecule has 0 atom stereocenters. The molecule has 0 saturated carbocycles. The van der Waals surface area contributed by atoms with Crippen LogP contribution in [-0.4, -0.2) is 21.6 Å². The van der Waals surface area contributed by atoms with E-state index in [0.717, 1.165) is 18.1 Å². The highest BCUT2D eigenvalue weighted by molar-refractivity contribution is 5.32. The molecular weight excluding hydrogens is 212 g/mol. The van der Waals surface area contributed by atoms with E-state index in [0.29, 0.717) is 5.92 Å².